The first-order chi connectivity index (χ1) is 16.0. The number of piperazine rings is 1. The van der Waals surface area contributed by atoms with E-state index in [9.17, 15) is 14.4 Å². The molecule has 1 saturated heterocycles. The minimum atomic E-state index is -0.200. The summed E-state index contributed by atoms with van der Waals surface area (Å²) in [6, 6.07) is 7.21. The average molecular weight is 455 g/mol. The molecule has 33 heavy (non-hydrogen) atoms. The molecule has 1 fully saturated rings. The van der Waals surface area contributed by atoms with Crippen LogP contribution in [-0.4, -0.2) is 71.7 Å². The van der Waals surface area contributed by atoms with E-state index in [0.717, 1.165) is 57.5 Å². The summed E-state index contributed by atoms with van der Waals surface area (Å²) in [7, 11) is 0. The lowest BCUT2D eigenvalue weighted by Gasteiger charge is -2.36. The molecule has 0 atom stereocenters. The topological polar surface area (TPSA) is 73.0 Å². The molecule has 0 unspecified atom stereocenters. The van der Waals surface area contributed by atoms with E-state index in [-0.39, 0.29) is 17.7 Å². The molecule has 3 amide bonds. The van der Waals surface area contributed by atoms with Gasteiger partial charge < -0.3 is 15.1 Å². The minimum Gasteiger partial charge on any atom is -0.364 e. The van der Waals surface area contributed by atoms with Gasteiger partial charge in [0.2, 0.25) is 5.91 Å². The van der Waals surface area contributed by atoms with Crippen molar-refractivity contribution in [1.29, 1.82) is 0 Å². The van der Waals surface area contributed by atoms with Gasteiger partial charge in [0.1, 0.15) is 5.70 Å². The predicted octanol–water partition coefficient (Wildman–Crippen LogP) is 3.72. The number of hydrogen-bond donors (Lipinski definition) is 1. The van der Waals surface area contributed by atoms with E-state index < -0.39 is 0 Å². The van der Waals surface area contributed by atoms with Gasteiger partial charge in [-0.2, -0.15) is 0 Å². The van der Waals surface area contributed by atoms with Crippen LogP contribution in [0.5, 0.6) is 0 Å². The Balaban J connectivity index is 1.80. The van der Waals surface area contributed by atoms with Crippen LogP contribution in [0.15, 0.2) is 30.0 Å². The van der Waals surface area contributed by atoms with Crippen molar-refractivity contribution in [2.45, 2.75) is 59.3 Å². The van der Waals surface area contributed by atoms with Crippen LogP contribution in [0.1, 0.15) is 64.9 Å². The van der Waals surface area contributed by atoms with E-state index in [4.69, 9.17) is 0 Å². The number of hydrogen-bond acceptors (Lipinski definition) is 5. The maximum absolute atomic E-state index is 13.5. The molecule has 1 aromatic rings. The average Bonchev–Trinajstić information content (AvgIpc) is 3.06. The maximum Gasteiger partial charge on any atom is 0.277 e. The standard InChI is InChI=1S/C26H38N4O3/c1-4-6-7-8-9-10-15-30-25(32)23(21-11-13-22(14-12-21)27-20(3)31)24(26(30)33)29-18-16-28(5-2)17-19-29/h11-14H,4-10,15-19H2,1-3H3,(H,27,31). The fourth-order valence-electron chi connectivity index (χ4n) is 4.58. The third-order valence-corrected chi connectivity index (χ3v) is 6.51. The van der Waals surface area contributed by atoms with Crippen molar-refractivity contribution in [3.8, 4) is 0 Å². The summed E-state index contributed by atoms with van der Waals surface area (Å²) < 4.78 is 0. The molecule has 0 radical (unpaired) electrons. The SMILES string of the molecule is CCCCCCCCN1C(=O)C(c2ccc(NC(C)=O)cc2)=C(N2CCN(CC)CC2)C1=O. The van der Waals surface area contributed by atoms with E-state index >= 15 is 0 Å². The Morgan fingerprint density at radius 2 is 1.52 bits per heavy atom. The van der Waals surface area contributed by atoms with Crippen molar-refractivity contribution in [2.24, 2.45) is 0 Å². The van der Waals surface area contributed by atoms with E-state index in [2.05, 4.69) is 29.0 Å². The molecule has 2 aliphatic heterocycles. The van der Waals surface area contributed by atoms with Crippen LogP contribution in [-0.2, 0) is 14.4 Å². The smallest absolute Gasteiger partial charge is 0.277 e. The van der Waals surface area contributed by atoms with Crippen LogP contribution in [0.2, 0.25) is 0 Å². The number of nitrogens with one attached hydrogen (secondary N) is 1. The lowest BCUT2D eigenvalue weighted by Crippen LogP contribution is -2.47. The molecule has 180 valence electrons. The second kappa shape index (κ2) is 12.0. The van der Waals surface area contributed by atoms with E-state index in [0.29, 0.717) is 23.5 Å². The molecular formula is C26H38N4O3. The third kappa shape index (κ3) is 6.22. The summed E-state index contributed by atoms with van der Waals surface area (Å²) in [5, 5.41) is 2.75. The normalized spacial score (nSPS) is 17.3. The van der Waals surface area contributed by atoms with Crippen LogP contribution >= 0.6 is 0 Å². The summed E-state index contributed by atoms with van der Waals surface area (Å²) >= 11 is 0. The number of rotatable bonds is 11. The first kappa shape index (κ1) is 25.0. The van der Waals surface area contributed by atoms with Crippen molar-refractivity contribution in [3.63, 3.8) is 0 Å². The molecule has 2 heterocycles. The lowest BCUT2D eigenvalue weighted by atomic mass is 10.0. The van der Waals surface area contributed by atoms with Gasteiger partial charge in [-0.15, -0.1) is 0 Å². The number of carbonyl (C=O) groups excluding carboxylic acids is 3. The molecular weight excluding hydrogens is 416 g/mol. The highest BCUT2D eigenvalue weighted by Crippen LogP contribution is 2.33. The molecule has 3 rings (SSSR count). The first-order valence-corrected chi connectivity index (χ1v) is 12.4. The van der Waals surface area contributed by atoms with Gasteiger partial charge in [-0.05, 0) is 30.7 Å². The number of nitrogens with zero attached hydrogens (tertiary/aromatic N) is 3. The predicted molar refractivity (Wildman–Crippen MR) is 131 cm³/mol. The van der Waals surface area contributed by atoms with Crippen molar-refractivity contribution >= 4 is 29.0 Å². The third-order valence-electron chi connectivity index (χ3n) is 6.51. The van der Waals surface area contributed by atoms with Crippen LogP contribution < -0.4 is 5.32 Å². The second-order valence-electron chi connectivity index (χ2n) is 8.93. The Labute approximate surface area is 197 Å². The lowest BCUT2D eigenvalue weighted by molar-refractivity contribution is -0.137. The van der Waals surface area contributed by atoms with Crippen LogP contribution in [0.4, 0.5) is 5.69 Å². The Hall–Kier alpha value is -2.67. The fourth-order valence-corrected chi connectivity index (χ4v) is 4.58. The molecule has 0 aliphatic carbocycles. The zero-order valence-electron chi connectivity index (χ0n) is 20.4. The number of benzene rings is 1. The second-order valence-corrected chi connectivity index (χ2v) is 8.93. The van der Waals surface area contributed by atoms with Gasteiger partial charge in [0.25, 0.3) is 11.8 Å². The fraction of sp³-hybridized carbons (Fsp3) is 0.577. The van der Waals surface area contributed by atoms with Crippen molar-refractivity contribution < 1.29 is 14.4 Å². The molecule has 7 heteroatoms. The summed E-state index contributed by atoms with van der Waals surface area (Å²) in [6.45, 7) is 10.5. The summed E-state index contributed by atoms with van der Waals surface area (Å²) in [5.74, 6) is -0.512. The van der Waals surface area contributed by atoms with Gasteiger partial charge in [0.15, 0.2) is 0 Å². The van der Waals surface area contributed by atoms with Gasteiger partial charge in [-0.25, -0.2) is 0 Å². The highest BCUT2D eigenvalue weighted by Gasteiger charge is 2.41. The highest BCUT2D eigenvalue weighted by molar-refractivity contribution is 6.35. The zero-order valence-corrected chi connectivity index (χ0v) is 20.4. The Morgan fingerprint density at radius 3 is 2.12 bits per heavy atom. The van der Waals surface area contributed by atoms with Crippen LogP contribution in [0.3, 0.4) is 0 Å². The monoisotopic (exact) mass is 454 g/mol. The number of likely N-dealkylation sites (N-methyl/N-ethyl adjacent to an activating group) is 1. The minimum absolute atomic E-state index is 0.145. The van der Waals surface area contributed by atoms with Crippen molar-refractivity contribution in [3.05, 3.63) is 35.5 Å². The van der Waals surface area contributed by atoms with E-state index in [1.165, 1.54) is 31.1 Å². The molecule has 1 N–H and O–H groups in total. The Kier molecular flexibility index (Phi) is 9.06. The van der Waals surface area contributed by atoms with Gasteiger partial charge in [0.05, 0.1) is 5.57 Å². The summed E-state index contributed by atoms with van der Waals surface area (Å²) in [4.78, 5) is 44.2. The van der Waals surface area contributed by atoms with Gasteiger partial charge >= 0.3 is 0 Å². The molecule has 1 aromatic carbocycles. The summed E-state index contributed by atoms with van der Waals surface area (Å²) in [5.41, 5.74) is 2.42. The molecule has 7 nitrogen and oxygen atoms in total. The van der Waals surface area contributed by atoms with E-state index in [1.54, 1.807) is 12.1 Å². The highest BCUT2D eigenvalue weighted by atomic mass is 16.2. The largest absolute Gasteiger partial charge is 0.364 e. The molecule has 0 bridgehead atoms. The summed E-state index contributed by atoms with van der Waals surface area (Å²) in [6.07, 6.45) is 6.65. The number of anilines is 1. The van der Waals surface area contributed by atoms with Crippen LogP contribution in [0.25, 0.3) is 5.57 Å². The van der Waals surface area contributed by atoms with Gasteiger partial charge in [-0.3, -0.25) is 19.3 Å². The molecule has 2 aliphatic rings. The number of amides is 3. The van der Waals surface area contributed by atoms with Crippen molar-refractivity contribution in [2.75, 3.05) is 44.6 Å². The van der Waals surface area contributed by atoms with Gasteiger partial charge in [0, 0.05) is 45.3 Å². The molecule has 0 aromatic heterocycles. The van der Waals surface area contributed by atoms with Gasteiger partial charge in [-0.1, -0.05) is 58.1 Å². The molecule has 0 spiro atoms. The van der Waals surface area contributed by atoms with Crippen LogP contribution in [0, 0.1) is 0 Å². The number of imide groups is 1. The number of carbonyl (C=O) groups is 3. The zero-order chi connectivity index (χ0) is 23.8. The Morgan fingerprint density at radius 1 is 0.879 bits per heavy atom. The van der Waals surface area contributed by atoms with E-state index in [1.807, 2.05) is 12.1 Å². The first-order valence-electron chi connectivity index (χ1n) is 12.4. The number of unbranched alkanes of at least 4 members (excludes halogenated alkanes) is 5. The molecule has 0 saturated carbocycles. The van der Waals surface area contributed by atoms with Crippen molar-refractivity contribution in [1.82, 2.24) is 14.7 Å². The quantitative estimate of drug-likeness (QED) is 0.408. The maximum atomic E-state index is 13.5. The Bertz CT molecular complexity index is 870.